The fourth-order valence-corrected chi connectivity index (χ4v) is 0.285. The minimum Gasteiger partial charge on any atom is -0.481 e. The largest absolute Gasteiger partial charge is 0.481 e. The highest BCUT2D eigenvalue weighted by molar-refractivity contribution is 5.69. The molecule has 0 aromatic rings. The number of carboxylic acid groups (broad SMARTS) is 1. The molecule has 66 valence electrons. The molecular formula is C6H13NO4. The molecule has 0 saturated heterocycles. The number of carboxylic acids is 1. The van der Waals surface area contributed by atoms with Gasteiger partial charge in [0.05, 0.1) is 5.92 Å². The van der Waals surface area contributed by atoms with Gasteiger partial charge in [-0.1, -0.05) is 20.8 Å². The first-order valence-electron chi connectivity index (χ1n) is 3.16. The summed E-state index contributed by atoms with van der Waals surface area (Å²) in [6, 6.07) is 0. The van der Waals surface area contributed by atoms with E-state index in [4.69, 9.17) is 15.2 Å². The van der Waals surface area contributed by atoms with Crippen LogP contribution in [-0.2, 0) is 4.79 Å². The average molecular weight is 163 g/mol. The van der Waals surface area contributed by atoms with Gasteiger partial charge in [0.2, 0.25) is 0 Å². The Morgan fingerprint density at radius 1 is 1.36 bits per heavy atom. The van der Waals surface area contributed by atoms with E-state index in [9.17, 15) is 4.79 Å². The Morgan fingerprint density at radius 3 is 1.64 bits per heavy atom. The van der Waals surface area contributed by atoms with Gasteiger partial charge < -0.3 is 10.3 Å². The second-order valence-electron chi connectivity index (χ2n) is 2.45. The molecule has 5 nitrogen and oxygen atoms in total. The molecule has 0 radical (unpaired) electrons. The molecule has 0 bridgehead atoms. The van der Waals surface area contributed by atoms with E-state index in [0.29, 0.717) is 0 Å². The van der Waals surface area contributed by atoms with Gasteiger partial charge >= 0.3 is 5.97 Å². The van der Waals surface area contributed by atoms with Crippen molar-refractivity contribution in [2.75, 3.05) is 0 Å². The molecule has 0 aromatic carbocycles. The maximum absolute atomic E-state index is 10.1. The Bertz CT molecular complexity index is 124. The zero-order chi connectivity index (χ0) is 9.44. The monoisotopic (exact) mass is 163 g/mol. The molecule has 0 aromatic heterocycles. The van der Waals surface area contributed by atoms with Gasteiger partial charge in [0.15, 0.2) is 5.34 Å². The molecule has 0 heterocycles. The normalized spacial score (nSPS) is 11.3. The molecule has 0 spiro atoms. The van der Waals surface area contributed by atoms with Crippen LogP contribution in [0.25, 0.3) is 0 Å². The lowest BCUT2D eigenvalue weighted by molar-refractivity contribution is -0.142. The fourth-order valence-electron chi connectivity index (χ4n) is 0.285. The molecule has 2 N–H and O–H groups in total. The molecule has 0 saturated carbocycles. The average Bonchev–Trinajstić information content (AvgIpc) is 1.87. The number of nitrogens with zero attached hydrogens (tertiary/aromatic N) is 1. The van der Waals surface area contributed by atoms with E-state index in [1.54, 1.807) is 6.92 Å². The van der Waals surface area contributed by atoms with Crippen molar-refractivity contribution < 1.29 is 15.1 Å². The predicted molar refractivity (Wildman–Crippen MR) is 39.2 cm³/mol. The maximum Gasteiger partial charge on any atom is 0.306 e. The van der Waals surface area contributed by atoms with Crippen LogP contribution in [0, 0.1) is 16.7 Å². The van der Waals surface area contributed by atoms with Crippen molar-refractivity contribution in [3.8, 4) is 0 Å². The zero-order valence-corrected chi connectivity index (χ0v) is 6.81. The number of carbonyl (C=O) groups is 1. The van der Waals surface area contributed by atoms with Crippen molar-refractivity contribution >= 4 is 5.97 Å². The van der Waals surface area contributed by atoms with E-state index in [-0.39, 0.29) is 11.8 Å². The molecule has 11 heavy (non-hydrogen) atoms. The third kappa shape index (κ3) is 8.87. The third-order valence-electron chi connectivity index (χ3n) is 1.39. The van der Waals surface area contributed by atoms with Crippen LogP contribution in [0.2, 0.25) is 0 Å². The van der Waals surface area contributed by atoms with Crippen LogP contribution in [0.4, 0.5) is 0 Å². The number of aliphatic carboxylic acids is 1. The van der Waals surface area contributed by atoms with E-state index in [2.05, 4.69) is 0 Å². The van der Waals surface area contributed by atoms with Gasteiger partial charge in [-0.15, -0.1) is 4.91 Å². The first kappa shape index (κ1) is 12.5. The Balaban J connectivity index is 0. The second-order valence-corrected chi connectivity index (χ2v) is 2.45. The SMILES string of the molecule is CC(C)C(C)C(=O)O.O=NO. The lowest BCUT2D eigenvalue weighted by atomic mass is 9.99. The van der Waals surface area contributed by atoms with Gasteiger partial charge in [0.25, 0.3) is 0 Å². The molecule has 0 rings (SSSR count). The fraction of sp³-hybridized carbons (Fsp3) is 0.833. The summed E-state index contributed by atoms with van der Waals surface area (Å²) in [6.45, 7) is 5.52. The predicted octanol–water partition coefficient (Wildman–Crippen LogP) is 1.51. The van der Waals surface area contributed by atoms with Crippen molar-refractivity contribution in [3.05, 3.63) is 4.91 Å². The van der Waals surface area contributed by atoms with Gasteiger partial charge in [0, 0.05) is 0 Å². The third-order valence-corrected chi connectivity index (χ3v) is 1.39. The van der Waals surface area contributed by atoms with Gasteiger partial charge in [-0.3, -0.25) is 4.79 Å². The van der Waals surface area contributed by atoms with Gasteiger partial charge in [-0.25, -0.2) is 0 Å². The lowest BCUT2D eigenvalue weighted by Crippen LogP contribution is -2.15. The summed E-state index contributed by atoms with van der Waals surface area (Å²) < 4.78 is 0. The molecule has 1 atom stereocenters. The molecule has 0 amide bonds. The van der Waals surface area contributed by atoms with E-state index in [1.165, 1.54) is 5.34 Å². The standard InChI is InChI=1S/C6H12O2.HNO2/c1-4(2)5(3)6(7)8;2-1-3/h4-5H,1-3H3,(H,7,8);(H,2,3). The van der Waals surface area contributed by atoms with Crippen molar-refractivity contribution in [2.24, 2.45) is 17.2 Å². The second kappa shape index (κ2) is 6.98. The molecule has 1 unspecified atom stereocenters. The quantitative estimate of drug-likeness (QED) is 0.477. The summed E-state index contributed by atoms with van der Waals surface area (Å²) in [5, 5.41) is 16.2. The van der Waals surface area contributed by atoms with Gasteiger partial charge in [0.1, 0.15) is 0 Å². The number of hydrogen-bond donors (Lipinski definition) is 2. The summed E-state index contributed by atoms with van der Waals surface area (Å²) in [5.74, 6) is -0.678. The Morgan fingerprint density at radius 2 is 1.64 bits per heavy atom. The number of rotatable bonds is 2. The van der Waals surface area contributed by atoms with Crippen LogP contribution in [-0.4, -0.2) is 16.3 Å². The Labute approximate surface area is 65.0 Å². The molecular weight excluding hydrogens is 150 g/mol. The molecule has 0 aliphatic rings. The highest BCUT2D eigenvalue weighted by Gasteiger charge is 2.13. The Kier molecular flexibility index (Phi) is 7.96. The zero-order valence-electron chi connectivity index (χ0n) is 6.81. The van der Waals surface area contributed by atoms with Crippen molar-refractivity contribution in [3.63, 3.8) is 0 Å². The first-order valence-corrected chi connectivity index (χ1v) is 3.16. The molecule has 0 aliphatic heterocycles. The summed E-state index contributed by atoms with van der Waals surface area (Å²) in [4.78, 5) is 18.3. The first-order chi connectivity index (χ1) is 4.97. The van der Waals surface area contributed by atoms with E-state index >= 15 is 0 Å². The van der Waals surface area contributed by atoms with Crippen LogP contribution in [0.3, 0.4) is 0 Å². The summed E-state index contributed by atoms with van der Waals surface area (Å²) in [7, 11) is 0. The maximum atomic E-state index is 10.1. The molecule has 5 heteroatoms. The molecule has 0 fully saturated rings. The highest BCUT2D eigenvalue weighted by atomic mass is 16.6. The summed E-state index contributed by atoms with van der Waals surface area (Å²) >= 11 is 0. The molecule has 0 aliphatic carbocycles. The van der Waals surface area contributed by atoms with Crippen LogP contribution < -0.4 is 0 Å². The number of hydrogen-bond acceptors (Lipinski definition) is 3. The smallest absolute Gasteiger partial charge is 0.306 e. The van der Waals surface area contributed by atoms with Crippen LogP contribution in [0.5, 0.6) is 0 Å². The van der Waals surface area contributed by atoms with Crippen LogP contribution >= 0.6 is 0 Å². The van der Waals surface area contributed by atoms with Crippen molar-refractivity contribution in [1.82, 2.24) is 0 Å². The topological polar surface area (TPSA) is 87.0 Å². The minimum atomic E-state index is -0.708. The Hall–Kier alpha value is -1.13. The highest BCUT2D eigenvalue weighted by Crippen LogP contribution is 2.08. The van der Waals surface area contributed by atoms with Crippen LogP contribution in [0.1, 0.15) is 20.8 Å². The summed E-state index contributed by atoms with van der Waals surface area (Å²) in [6.07, 6.45) is 0. The minimum absolute atomic E-state index is 0.213. The van der Waals surface area contributed by atoms with Crippen LogP contribution in [0.15, 0.2) is 5.34 Å². The van der Waals surface area contributed by atoms with E-state index in [0.717, 1.165) is 0 Å². The van der Waals surface area contributed by atoms with Gasteiger partial charge in [-0.2, -0.15) is 0 Å². The summed E-state index contributed by atoms with van der Waals surface area (Å²) in [5.41, 5.74) is 0. The lowest BCUT2D eigenvalue weighted by Gasteiger charge is -2.07. The van der Waals surface area contributed by atoms with E-state index in [1.807, 2.05) is 13.8 Å². The van der Waals surface area contributed by atoms with Gasteiger partial charge in [-0.05, 0) is 5.92 Å². The van der Waals surface area contributed by atoms with E-state index < -0.39 is 5.97 Å². The van der Waals surface area contributed by atoms with Crippen molar-refractivity contribution in [1.29, 1.82) is 0 Å². The van der Waals surface area contributed by atoms with Crippen molar-refractivity contribution in [2.45, 2.75) is 20.8 Å².